The molecule has 3 nitrogen and oxygen atoms in total. The molecule has 24 heavy (non-hydrogen) atoms. The maximum atomic E-state index is 4.30. The van der Waals surface area contributed by atoms with Crippen molar-refractivity contribution in [3.63, 3.8) is 0 Å². The molecule has 0 aliphatic rings. The lowest BCUT2D eigenvalue weighted by Gasteiger charge is -2.16. The van der Waals surface area contributed by atoms with Gasteiger partial charge in [-0.15, -0.1) is 0 Å². The molecule has 0 fully saturated rings. The molecule has 0 bridgehead atoms. The highest BCUT2D eigenvalue weighted by molar-refractivity contribution is 8.15. The number of hydrogen-bond donors (Lipinski definition) is 3. The van der Waals surface area contributed by atoms with Crippen molar-refractivity contribution in [3.8, 4) is 0 Å². The van der Waals surface area contributed by atoms with Crippen LogP contribution in [0.2, 0.25) is 0 Å². The topological polar surface area (TPSA) is 36.1 Å². The van der Waals surface area contributed by atoms with Gasteiger partial charge >= 0.3 is 0 Å². The maximum Gasteiger partial charge on any atom is 0.0470 e. The first-order chi connectivity index (χ1) is 11.5. The molecule has 4 heteroatoms. The SMILES string of the molecule is C=C(CCNC)Nc1cccc(S(=C)Nc2cccc(C)c2C)c1. The van der Waals surface area contributed by atoms with Crippen molar-refractivity contribution in [2.24, 2.45) is 0 Å². The van der Waals surface area contributed by atoms with Crippen LogP contribution in [0.5, 0.6) is 0 Å². The number of rotatable bonds is 8. The van der Waals surface area contributed by atoms with Crippen LogP contribution >= 0.6 is 10.7 Å². The molecular formula is C20H27N3S. The van der Waals surface area contributed by atoms with Gasteiger partial charge in [0.2, 0.25) is 0 Å². The summed E-state index contributed by atoms with van der Waals surface area (Å²) in [4.78, 5) is 1.17. The van der Waals surface area contributed by atoms with E-state index in [9.17, 15) is 0 Å². The third-order valence-electron chi connectivity index (χ3n) is 3.95. The Kier molecular flexibility index (Phi) is 6.64. The highest BCUT2D eigenvalue weighted by Gasteiger charge is 2.04. The quantitative estimate of drug-likeness (QED) is 0.596. The van der Waals surface area contributed by atoms with Crippen LogP contribution in [0.3, 0.4) is 0 Å². The van der Waals surface area contributed by atoms with E-state index in [2.05, 4.69) is 84.1 Å². The zero-order valence-electron chi connectivity index (χ0n) is 14.8. The first-order valence-corrected chi connectivity index (χ1v) is 9.47. The largest absolute Gasteiger partial charge is 0.359 e. The van der Waals surface area contributed by atoms with Crippen molar-refractivity contribution < 1.29 is 0 Å². The number of aryl methyl sites for hydroxylation is 1. The Morgan fingerprint density at radius 1 is 1.12 bits per heavy atom. The minimum atomic E-state index is -0.315. The van der Waals surface area contributed by atoms with Gasteiger partial charge in [0.15, 0.2) is 0 Å². The summed E-state index contributed by atoms with van der Waals surface area (Å²) in [5.41, 5.74) is 5.76. The van der Waals surface area contributed by atoms with Gasteiger partial charge in [-0.1, -0.05) is 41.3 Å². The van der Waals surface area contributed by atoms with Gasteiger partial charge in [-0.25, -0.2) is 0 Å². The van der Waals surface area contributed by atoms with E-state index >= 15 is 0 Å². The summed E-state index contributed by atoms with van der Waals surface area (Å²) in [6, 6.07) is 14.7. The zero-order valence-corrected chi connectivity index (χ0v) is 15.6. The minimum absolute atomic E-state index is 0.315. The summed E-state index contributed by atoms with van der Waals surface area (Å²) in [6.45, 7) is 9.25. The predicted octanol–water partition coefficient (Wildman–Crippen LogP) is 4.93. The van der Waals surface area contributed by atoms with Crippen molar-refractivity contribution in [1.82, 2.24) is 5.32 Å². The smallest absolute Gasteiger partial charge is 0.0470 e. The Hall–Kier alpha value is -2.04. The normalized spacial score (nSPS) is 11.8. The van der Waals surface area contributed by atoms with E-state index in [1.165, 1.54) is 16.0 Å². The predicted molar refractivity (Wildman–Crippen MR) is 110 cm³/mol. The fourth-order valence-electron chi connectivity index (χ4n) is 2.32. The number of anilines is 2. The van der Waals surface area contributed by atoms with E-state index in [1.54, 1.807) is 0 Å². The lowest BCUT2D eigenvalue weighted by atomic mass is 10.1. The Labute approximate surface area is 148 Å². The van der Waals surface area contributed by atoms with Crippen LogP contribution in [-0.4, -0.2) is 19.5 Å². The van der Waals surface area contributed by atoms with E-state index in [4.69, 9.17) is 0 Å². The summed E-state index contributed by atoms with van der Waals surface area (Å²) in [5, 5.41) is 6.50. The van der Waals surface area contributed by atoms with Crippen LogP contribution < -0.4 is 15.4 Å². The van der Waals surface area contributed by atoms with Gasteiger partial charge in [0.25, 0.3) is 0 Å². The molecule has 0 aliphatic heterocycles. The van der Waals surface area contributed by atoms with Gasteiger partial charge in [0, 0.05) is 28.5 Å². The molecule has 1 atom stereocenters. The summed E-state index contributed by atoms with van der Waals surface area (Å²) < 4.78 is 3.54. The van der Waals surface area contributed by atoms with E-state index in [-0.39, 0.29) is 10.7 Å². The Balaban J connectivity index is 2.08. The molecular weight excluding hydrogens is 314 g/mol. The monoisotopic (exact) mass is 341 g/mol. The van der Waals surface area contributed by atoms with Gasteiger partial charge < -0.3 is 15.4 Å². The molecule has 3 N–H and O–H groups in total. The molecule has 1 unspecified atom stereocenters. The van der Waals surface area contributed by atoms with Crippen molar-refractivity contribution in [2.75, 3.05) is 23.6 Å². The zero-order chi connectivity index (χ0) is 17.5. The van der Waals surface area contributed by atoms with Crippen LogP contribution in [0, 0.1) is 13.8 Å². The van der Waals surface area contributed by atoms with Gasteiger partial charge in [0.1, 0.15) is 0 Å². The van der Waals surface area contributed by atoms with E-state index in [1.807, 2.05) is 7.05 Å². The molecule has 0 aromatic heterocycles. The lowest BCUT2D eigenvalue weighted by Crippen LogP contribution is -2.11. The van der Waals surface area contributed by atoms with E-state index in [0.29, 0.717) is 0 Å². The number of benzene rings is 2. The van der Waals surface area contributed by atoms with Crippen molar-refractivity contribution in [3.05, 3.63) is 65.9 Å². The molecule has 2 rings (SSSR count). The fraction of sp³-hybridized carbons (Fsp3) is 0.250. The second-order valence-electron chi connectivity index (χ2n) is 5.85. The second-order valence-corrected chi connectivity index (χ2v) is 7.31. The highest BCUT2D eigenvalue weighted by Crippen LogP contribution is 2.31. The highest BCUT2D eigenvalue weighted by atomic mass is 32.2. The van der Waals surface area contributed by atoms with Crippen LogP contribution in [0.1, 0.15) is 17.5 Å². The minimum Gasteiger partial charge on any atom is -0.359 e. The van der Waals surface area contributed by atoms with Crippen molar-refractivity contribution in [2.45, 2.75) is 25.2 Å². The first kappa shape index (κ1) is 18.3. The van der Waals surface area contributed by atoms with E-state index in [0.717, 1.165) is 30.0 Å². The van der Waals surface area contributed by atoms with Crippen LogP contribution in [0.25, 0.3) is 0 Å². The third kappa shape index (κ3) is 4.98. The molecule has 128 valence electrons. The average Bonchev–Trinajstić information content (AvgIpc) is 2.57. The molecule has 0 aliphatic carbocycles. The molecule has 2 aromatic rings. The lowest BCUT2D eigenvalue weighted by molar-refractivity contribution is 0.789. The summed E-state index contributed by atoms with van der Waals surface area (Å²) in [7, 11) is 1.63. The Morgan fingerprint density at radius 3 is 2.62 bits per heavy atom. The Morgan fingerprint density at radius 2 is 1.88 bits per heavy atom. The van der Waals surface area contributed by atoms with Crippen LogP contribution in [0.15, 0.2) is 59.6 Å². The summed E-state index contributed by atoms with van der Waals surface area (Å²) in [6.07, 6.45) is 0.900. The molecule has 0 spiro atoms. The summed E-state index contributed by atoms with van der Waals surface area (Å²) >= 11 is 0. The summed E-state index contributed by atoms with van der Waals surface area (Å²) in [5.74, 6) is 4.30. The third-order valence-corrected chi connectivity index (χ3v) is 5.24. The molecule has 0 heterocycles. The van der Waals surface area contributed by atoms with Crippen molar-refractivity contribution >= 4 is 27.9 Å². The van der Waals surface area contributed by atoms with Gasteiger partial charge in [-0.2, -0.15) is 0 Å². The number of nitrogens with one attached hydrogen (secondary N) is 3. The Bertz CT molecular complexity index is 737. The first-order valence-electron chi connectivity index (χ1n) is 8.07. The van der Waals surface area contributed by atoms with Gasteiger partial charge in [0.05, 0.1) is 0 Å². The molecule has 0 saturated carbocycles. The second kappa shape index (κ2) is 8.71. The van der Waals surface area contributed by atoms with Crippen molar-refractivity contribution in [1.29, 1.82) is 0 Å². The number of hydrogen-bond acceptors (Lipinski definition) is 3. The van der Waals surface area contributed by atoms with Gasteiger partial charge in [-0.3, -0.25) is 0 Å². The fourth-order valence-corrected chi connectivity index (χ4v) is 3.44. The molecule has 0 radical (unpaired) electrons. The van der Waals surface area contributed by atoms with E-state index < -0.39 is 0 Å². The molecule has 0 amide bonds. The molecule has 2 aromatic carbocycles. The maximum absolute atomic E-state index is 4.30. The average molecular weight is 342 g/mol. The standard InChI is InChI=1S/C20H27N3S/c1-15-8-6-11-20(17(15)3)23-24(5)19-10-7-9-18(14-19)22-16(2)12-13-21-4/h6-11,14,21-23H,2,5,12-13H2,1,3-4H3. The van der Waals surface area contributed by atoms with Crippen LogP contribution in [0.4, 0.5) is 11.4 Å². The molecule has 0 saturated heterocycles. The van der Waals surface area contributed by atoms with Crippen LogP contribution in [-0.2, 0) is 0 Å². The van der Waals surface area contributed by atoms with Gasteiger partial charge in [-0.05, 0) is 62.7 Å².